The molecule has 1 aromatic carbocycles. The first-order valence-corrected chi connectivity index (χ1v) is 8.26. The highest BCUT2D eigenvalue weighted by molar-refractivity contribution is 6.31. The zero-order valence-corrected chi connectivity index (χ0v) is 14.7. The molecule has 0 heterocycles. The summed E-state index contributed by atoms with van der Waals surface area (Å²) in [5.74, 6) is 0.373. The molecule has 0 radical (unpaired) electrons. The van der Waals surface area contributed by atoms with Crippen LogP contribution in [0, 0.1) is 17.2 Å². The predicted molar refractivity (Wildman–Crippen MR) is 90.4 cm³/mol. The summed E-state index contributed by atoms with van der Waals surface area (Å²) < 4.78 is 13.1. The molecular weight excluding hydrogens is 285 g/mol. The minimum Gasteiger partial charge on any atom is -0.314 e. The maximum atomic E-state index is 13.1. The molecule has 0 aromatic heterocycles. The van der Waals surface area contributed by atoms with E-state index in [9.17, 15) is 4.39 Å². The van der Waals surface area contributed by atoms with E-state index in [1.165, 1.54) is 18.6 Å². The molecule has 0 aliphatic carbocycles. The van der Waals surface area contributed by atoms with E-state index >= 15 is 0 Å². The number of nitrogens with one attached hydrogen (secondary N) is 1. The molecule has 2 atom stereocenters. The van der Waals surface area contributed by atoms with Crippen molar-refractivity contribution in [3.63, 3.8) is 0 Å². The first-order chi connectivity index (χ1) is 9.71. The van der Waals surface area contributed by atoms with Crippen LogP contribution in [0.5, 0.6) is 0 Å². The molecule has 1 nitrogen and oxygen atoms in total. The lowest BCUT2D eigenvalue weighted by Crippen LogP contribution is -2.33. The fraction of sp³-hybridized carbons (Fsp3) is 0.667. The number of halogens is 2. The van der Waals surface area contributed by atoms with E-state index in [2.05, 4.69) is 39.9 Å². The molecule has 21 heavy (non-hydrogen) atoms. The second-order valence-electron chi connectivity index (χ2n) is 7.30. The minimum absolute atomic E-state index is 0.273. The molecule has 3 heteroatoms. The SMILES string of the molecule is CCNC(Cc1ccc(F)cc1Cl)CC(C)CC(C)(C)C. The van der Waals surface area contributed by atoms with E-state index in [1.54, 1.807) is 6.07 Å². The van der Waals surface area contributed by atoms with Gasteiger partial charge in [0.2, 0.25) is 0 Å². The summed E-state index contributed by atoms with van der Waals surface area (Å²) in [7, 11) is 0. The van der Waals surface area contributed by atoms with Crippen LogP contribution in [0.4, 0.5) is 4.39 Å². The van der Waals surface area contributed by atoms with Gasteiger partial charge in [-0.3, -0.25) is 0 Å². The molecule has 0 aliphatic heterocycles. The normalized spacial score (nSPS) is 15.0. The van der Waals surface area contributed by atoms with Crippen LogP contribution in [0.15, 0.2) is 18.2 Å². The predicted octanol–water partition coefficient (Wildman–Crippen LogP) is 5.46. The molecular formula is C18H29ClFN. The molecule has 0 saturated heterocycles. The minimum atomic E-state index is -0.273. The van der Waals surface area contributed by atoms with Gasteiger partial charge in [-0.2, -0.15) is 0 Å². The van der Waals surface area contributed by atoms with E-state index in [4.69, 9.17) is 11.6 Å². The van der Waals surface area contributed by atoms with Crippen molar-refractivity contribution < 1.29 is 4.39 Å². The summed E-state index contributed by atoms with van der Waals surface area (Å²) in [4.78, 5) is 0. The molecule has 0 bridgehead atoms. The van der Waals surface area contributed by atoms with Gasteiger partial charge in [0.25, 0.3) is 0 Å². The number of hydrogen-bond donors (Lipinski definition) is 1. The molecule has 1 N–H and O–H groups in total. The van der Waals surface area contributed by atoms with Crippen LogP contribution in [-0.4, -0.2) is 12.6 Å². The zero-order valence-electron chi connectivity index (χ0n) is 14.0. The van der Waals surface area contributed by atoms with Crippen molar-refractivity contribution in [1.82, 2.24) is 5.32 Å². The van der Waals surface area contributed by atoms with Gasteiger partial charge in [0, 0.05) is 11.1 Å². The topological polar surface area (TPSA) is 12.0 Å². The van der Waals surface area contributed by atoms with Gasteiger partial charge in [-0.15, -0.1) is 0 Å². The van der Waals surface area contributed by atoms with Crippen LogP contribution in [0.2, 0.25) is 5.02 Å². The Morgan fingerprint density at radius 3 is 2.48 bits per heavy atom. The van der Waals surface area contributed by atoms with Gasteiger partial charge in [0.1, 0.15) is 5.82 Å². The van der Waals surface area contributed by atoms with Crippen LogP contribution < -0.4 is 5.32 Å². The molecule has 2 unspecified atom stereocenters. The maximum absolute atomic E-state index is 13.1. The Morgan fingerprint density at radius 2 is 1.95 bits per heavy atom. The van der Waals surface area contributed by atoms with Crippen molar-refractivity contribution in [2.45, 2.75) is 59.9 Å². The molecule has 1 aromatic rings. The monoisotopic (exact) mass is 313 g/mol. The second kappa shape index (κ2) is 8.14. The first kappa shape index (κ1) is 18.4. The van der Waals surface area contributed by atoms with Crippen molar-refractivity contribution in [3.8, 4) is 0 Å². The lowest BCUT2D eigenvalue weighted by Gasteiger charge is -2.27. The van der Waals surface area contributed by atoms with Crippen LogP contribution in [-0.2, 0) is 6.42 Å². The van der Waals surface area contributed by atoms with Gasteiger partial charge in [0.15, 0.2) is 0 Å². The van der Waals surface area contributed by atoms with Crippen LogP contribution in [0.25, 0.3) is 0 Å². The van der Waals surface area contributed by atoms with Crippen LogP contribution in [0.1, 0.15) is 53.0 Å². The van der Waals surface area contributed by atoms with Crippen molar-refractivity contribution in [3.05, 3.63) is 34.6 Å². The Morgan fingerprint density at radius 1 is 1.29 bits per heavy atom. The largest absolute Gasteiger partial charge is 0.314 e. The standard InChI is InChI=1S/C18H29ClFN/c1-6-21-16(9-13(2)12-18(3,4)5)10-14-7-8-15(20)11-17(14)19/h7-8,11,13,16,21H,6,9-10,12H2,1-5H3. The van der Waals surface area contributed by atoms with Gasteiger partial charge in [0.05, 0.1) is 0 Å². The van der Waals surface area contributed by atoms with E-state index < -0.39 is 0 Å². The molecule has 120 valence electrons. The summed E-state index contributed by atoms with van der Waals surface area (Å²) in [6, 6.07) is 5.08. The van der Waals surface area contributed by atoms with Gasteiger partial charge >= 0.3 is 0 Å². The van der Waals surface area contributed by atoms with E-state index in [1.807, 2.05) is 0 Å². The third kappa shape index (κ3) is 7.28. The highest BCUT2D eigenvalue weighted by Crippen LogP contribution is 2.28. The zero-order chi connectivity index (χ0) is 16.0. The first-order valence-electron chi connectivity index (χ1n) is 7.88. The summed E-state index contributed by atoms with van der Waals surface area (Å²) in [5, 5.41) is 4.07. The van der Waals surface area contributed by atoms with Crippen molar-refractivity contribution in [1.29, 1.82) is 0 Å². The van der Waals surface area contributed by atoms with Gasteiger partial charge in [-0.25, -0.2) is 4.39 Å². The lowest BCUT2D eigenvalue weighted by molar-refractivity contribution is 0.275. The Kier molecular flexibility index (Phi) is 7.15. The Balaban J connectivity index is 2.68. The fourth-order valence-electron chi connectivity index (χ4n) is 3.09. The van der Waals surface area contributed by atoms with Crippen molar-refractivity contribution in [2.24, 2.45) is 11.3 Å². The molecule has 0 spiro atoms. The van der Waals surface area contributed by atoms with Crippen molar-refractivity contribution in [2.75, 3.05) is 6.54 Å². The Bertz CT molecular complexity index is 439. The van der Waals surface area contributed by atoms with Gasteiger partial charge in [-0.05, 0) is 54.8 Å². The number of rotatable bonds is 7. The van der Waals surface area contributed by atoms with E-state index in [0.717, 1.165) is 24.9 Å². The fourth-order valence-corrected chi connectivity index (χ4v) is 3.34. The van der Waals surface area contributed by atoms with Crippen molar-refractivity contribution >= 4 is 11.6 Å². The number of hydrogen-bond acceptors (Lipinski definition) is 1. The Hall–Kier alpha value is -0.600. The summed E-state index contributed by atoms with van der Waals surface area (Å²) in [6.45, 7) is 12.2. The van der Waals surface area contributed by atoms with E-state index in [-0.39, 0.29) is 5.82 Å². The van der Waals surface area contributed by atoms with E-state index in [0.29, 0.717) is 22.4 Å². The number of likely N-dealkylation sites (N-methyl/N-ethyl adjacent to an activating group) is 1. The quantitative estimate of drug-likeness (QED) is 0.704. The highest BCUT2D eigenvalue weighted by Gasteiger charge is 2.19. The average Bonchev–Trinajstić information content (AvgIpc) is 2.30. The van der Waals surface area contributed by atoms with Crippen LogP contribution >= 0.6 is 11.6 Å². The third-order valence-corrected chi connectivity index (χ3v) is 3.97. The second-order valence-corrected chi connectivity index (χ2v) is 7.71. The maximum Gasteiger partial charge on any atom is 0.124 e. The summed E-state index contributed by atoms with van der Waals surface area (Å²) >= 11 is 6.15. The number of benzene rings is 1. The summed E-state index contributed by atoms with van der Waals surface area (Å²) in [5.41, 5.74) is 1.37. The highest BCUT2D eigenvalue weighted by atomic mass is 35.5. The average molecular weight is 314 g/mol. The molecule has 0 amide bonds. The summed E-state index contributed by atoms with van der Waals surface area (Å²) in [6.07, 6.45) is 3.16. The molecule has 0 aliphatic rings. The molecule has 0 fully saturated rings. The lowest BCUT2D eigenvalue weighted by atomic mass is 9.82. The van der Waals surface area contributed by atoms with Crippen LogP contribution in [0.3, 0.4) is 0 Å². The molecule has 0 saturated carbocycles. The Labute approximate surface area is 134 Å². The smallest absolute Gasteiger partial charge is 0.124 e. The third-order valence-electron chi connectivity index (χ3n) is 3.62. The molecule has 1 rings (SSSR count). The van der Waals surface area contributed by atoms with Gasteiger partial charge in [-0.1, -0.05) is 52.3 Å². The van der Waals surface area contributed by atoms with Gasteiger partial charge < -0.3 is 5.32 Å².